The number of aliphatic hydroxyl groups is 1. The lowest BCUT2D eigenvalue weighted by Gasteiger charge is -2.19. The smallest absolute Gasteiger partial charge is 0.321 e. The number of hydrogen-bond donors (Lipinski definition) is 2. The molecule has 0 saturated carbocycles. The monoisotopic (exact) mass is 296 g/mol. The number of hydrogen-bond acceptors (Lipinski definition) is 3. The van der Waals surface area contributed by atoms with Gasteiger partial charge in [-0.2, -0.15) is 11.8 Å². The summed E-state index contributed by atoms with van der Waals surface area (Å²) in [4.78, 5) is 13.6. The summed E-state index contributed by atoms with van der Waals surface area (Å²) < 4.78 is 0. The van der Waals surface area contributed by atoms with Crippen molar-refractivity contribution in [1.82, 2.24) is 4.90 Å². The molecule has 0 heterocycles. The summed E-state index contributed by atoms with van der Waals surface area (Å²) in [5.74, 6) is 2.04. The van der Waals surface area contributed by atoms with E-state index in [1.807, 2.05) is 30.0 Å². The van der Waals surface area contributed by atoms with Crippen LogP contribution in [0.5, 0.6) is 0 Å². The maximum atomic E-state index is 12.0. The van der Waals surface area contributed by atoms with Crippen LogP contribution in [0, 0.1) is 0 Å². The molecule has 5 heteroatoms. The number of urea groups is 1. The van der Waals surface area contributed by atoms with Crippen LogP contribution in [0.2, 0.25) is 0 Å². The molecule has 0 bridgehead atoms. The van der Waals surface area contributed by atoms with E-state index in [0.29, 0.717) is 13.0 Å². The first-order chi connectivity index (χ1) is 9.52. The van der Waals surface area contributed by atoms with E-state index in [-0.39, 0.29) is 12.1 Å². The van der Waals surface area contributed by atoms with Crippen molar-refractivity contribution in [2.45, 2.75) is 32.1 Å². The summed E-state index contributed by atoms with van der Waals surface area (Å²) in [5.41, 5.74) is 2.02. The number of nitrogens with zero attached hydrogens (tertiary/aromatic N) is 1. The Bertz CT molecular complexity index is 424. The lowest BCUT2D eigenvalue weighted by molar-refractivity contribution is 0.167. The molecule has 0 aliphatic rings. The van der Waals surface area contributed by atoms with Gasteiger partial charge in [0.15, 0.2) is 0 Å². The second-order valence-electron chi connectivity index (χ2n) is 4.83. The van der Waals surface area contributed by atoms with Crippen LogP contribution in [0.25, 0.3) is 0 Å². The van der Waals surface area contributed by atoms with Gasteiger partial charge in [0.2, 0.25) is 0 Å². The summed E-state index contributed by atoms with van der Waals surface area (Å²) in [5, 5.41) is 12.1. The lowest BCUT2D eigenvalue weighted by atomic mass is 10.2. The second kappa shape index (κ2) is 8.87. The third-order valence-corrected chi connectivity index (χ3v) is 3.83. The molecule has 4 nitrogen and oxygen atoms in total. The van der Waals surface area contributed by atoms with Crippen molar-refractivity contribution in [3.05, 3.63) is 29.8 Å². The van der Waals surface area contributed by atoms with Crippen molar-refractivity contribution in [2.24, 2.45) is 0 Å². The van der Waals surface area contributed by atoms with Crippen molar-refractivity contribution >= 4 is 23.5 Å². The van der Waals surface area contributed by atoms with Crippen molar-refractivity contribution in [3.8, 4) is 0 Å². The van der Waals surface area contributed by atoms with Gasteiger partial charge in [0.05, 0.1) is 6.10 Å². The molecule has 0 radical (unpaired) electrons. The largest absolute Gasteiger partial charge is 0.393 e. The summed E-state index contributed by atoms with van der Waals surface area (Å²) in [6, 6.07) is 7.77. The van der Waals surface area contributed by atoms with E-state index in [1.54, 1.807) is 18.9 Å². The van der Waals surface area contributed by atoms with Crippen molar-refractivity contribution in [2.75, 3.05) is 24.7 Å². The summed E-state index contributed by atoms with van der Waals surface area (Å²) in [6.45, 7) is 4.39. The lowest BCUT2D eigenvalue weighted by Crippen LogP contribution is -2.33. The number of aliphatic hydroxyl groups excluding tert-OH is 1. The highest BCUT2D eigenvalue weighted by atomic mass is 32.2. The molecule has 20 heavy (non-hydrogen) atoms. The van der Waals surface area contributed by atoms with Crippen LogP contribution in [0.15, 0.2) is 24.3 Å². The molecule has 1 rings (SSSR count). The molecular formula is C15H24N2O2S. The van der Waals surface area contributed by atoms with Gasteiger partial charge in [0, 0.05) is 25.0 Å². The van der Waals surface area contributed by atoms with Crippen LogP contribution >= 0.6 is 11.8 Å². The number of benzene rings is 1. The third-order valence-electron chi connectivity index (χ3n) is 2.88. The van der Waals surface area contributed by atoms with E-state index in [1.165, 1.54) is 5.56 Å². The maximum absolute atomic E-state index is 12.0. The first-order valence-corrected chi connectivity index (χ1v) is 8.05. The van der Waals surface area contributed by atoms with Gasteiger partial charge in [-0.1, -0.05) is 19.1 Å². The highest BCUT2D eigenvalue weighted by Gasteiger charge is 2.09. The molecule has 0 spiro atoms. The molecular weight excluding hydrogens is 272 g/mol. The fraction of sp³-hybridized carbons (Fsp3) is 0.533. The van der Waals surface area contributed by atoms with Gasteiger partial charge in [-0.15, -0.1) is 0 Å². The first-order valence-electron chi connectivity index (χ1n) is 6.89. The topological polar surface area (TPSA) is 52.6 Å². The van der Waals surface area contributed by atoms with Gasteiger partial charge in [-0.25, -0.2) is 4.79 Å². The average molecular weight is 296 g/mol. The Morgan fingerprint density at radius 1 is 1.50 bits per heavy atom. The zero-order valence-electron chi connectivity index (χ0n) is 12.4. The molecule has 112 valence electrons. The van der Waals surface area contributed by atoms with E-state index in [9.17, 15) is 9.90 Å². The number of carbonyl (C=O) groups is 1. The predicted octanol–water partition coefficient (Wildman–Crippen LogP) is 3.17. The number of anilines is 1. The van der Waals surface area contributed by atoms with Crippen LogP contribution in [0.4, 0.5) is 10.5 Å². The van der Waals surface area contributed by atoms with E-state index in [0.717, 1.165) is 17.2 Å². The molecule has 0 fully saturated rings. The Kier molecular flexibility index (Phi) is 7.47. The van der Waals surface area contributed by atoms with Gasteiger partial charge in [-0.05, 0) is 36.8 Å². The van der Waals surface area contributed by atoms with E-state index in [4.69, 9.17) is 0 Å². The Balaban J connectivity index is 2.52. The van der Waals surface area contributed by atoms with Gasteiger partial charge < -0.3 is 15.3 Å². The minimum Gasteiger partial charge on any atom is -0.393 e. The summed E-state index contributed by atoms with van der Waals surface area (Å²) in [7, 11) is 1.73. The van der Waals surface area contributed by atoms with Gasteiger partial charge in [0.1, 0.15) is 0 Å². The van der Waals surface area contributed by atoms with Crippen LogP contribution in [-0.2, 0) is 5.75 Å². The van der Waals surface area contributed by atoms with Crippen LogP contribution < -0.4 is 5.32 Å². The third kappa shape index (κ3) is 6.30. The molecule has 0 aromatic heterocycles. The molecule has 1 aromatic carbocycles. The average Bonchev–Trinajstić information content (AvgIpc) is 2.42. The highest BCUT2D eigenvalue weighted by molar-refractivity contribution is 7.98. The predicted molar refractivity (Wildman–Crippen MR) is 86.2 cm³/mol. The summed E-state index contributed by atoms with van der Waals surface area (Å²) in [6.07, 6.45) is 0.191. The standard InChI is InChI=1S/C15H24N2O2S/c1-4-20-11-13-6-5-7-14(10-13)16-15(19)17(3)9-8-12(2)18/h5-7,10,12,18H,4,8-9,11H2,1-3H3,(H,16,19). The number of thioether (sulfide) groups is 1. The van der Waals surface area contributed by atoms with E-state index in [2.05, 4.69) is 18.3 Å². The van der Waals surface area contributed by atoms with Crippen LogP contribution in [0.1, 0.15) is 25.8 Å². The Morgan fingerprint density at radius 3 is 2.90 bits per heavy atom. The fourth-order valence-corrected chi connectivity index (χ4v) is 2.28. The van der Waals surface area contributed by atoms with Crippen LogP contribution in [0.3, 0.4) is 0 Å². The summed E-state index contributed by atoms with van der Waals surface area (Å²) >= 11 is 1.86. The van der Waals surface area contributed by atoms with E-state index < -0.39 is 0 Å². The molecule has 0 aliphatic carbocycles. The van der Waals surface area contributed by atoms with Gasteiger partial charge in [0.25, 0.3) is 0 Å². The molecule has 1 unspecified atom stereocenters. The zero-order valence-corrected chi connectivity index (χ0v) is 13.2. The molecule has 0 aliphatic heterocycles. The molecule has 1 aromatic rings. The number of carbonyl (C=O) groups excluding carboxylic acids is 1. The van der Waals surface area contributed by atoms with Crippen molar-refractivity contribution < 1.29 is 9.90 Å². The van der Waals surface area contributed by atoms with E-state index >= 15 is 0 Å². The normalized spacial score (nSPS) is 12.0. The Labute approximate surface area is 125 Å². The maximum Gasteiger partial charge on any atom is 0.321 e. The minimum absolute atomic E-state index is 0.147. The first kappa shape index (κ1) is 16.9. The molecule has 2 N–H and O–H groups in total. The number of amides is 2. The Morgan fingerprint density at radius 2 is 2.25 bits per heavy atom. The Hall–Kier alpha value is -1.20. The SMILES string of the molecule is CCSCc1cccc(NC(=O)N(C)CCC(C)O)c1. The van der Waals surface area contributed by atoms with Crippen molar-refractivity contribution in [1.29, 1.82) is 0 Å². The fourth-order valence-electron chi connectivity index (χ4n) is 1.66. The van der Waals surface area contributed by atoms with Crippen molar-refractivity contribution in [3.63, 3.8) is 0 Å². The molecule has 2 amide bonds. The van der Waals surface area contributed by atoms with Gasteiger partial charge >= 0.3 is 6.03 Å². The second-order valence-corrected chi connectivity index (χ2v) is 6.10. The quantitative estimate of drug-likeness (QED) is 0.812. The highest BCUT2D eigenvalue weighted by Crippen LogP contribution is 2.16. The zero-order chi connectivity index (χ0) is 15.0. The van der Waals surface area contributed by atoms with Crippen LogP contribution in [-0.4, -0.2) is 41.5 Å². The molecule has 1 atom stereocenters. The number of nitrogens with one attached hydrogen (secondary N) is 1. The minimum atomic E-state index is -0.389. The molecule has 0 saturated heterocycles. The number of rotatable bonds is 7. The van der Waals surface area contributed by atoms with Gasteiger partial charge in [-0.3, -0.25) is 0 Å².